The minimum absolute atomic E-state index is 0.0930. The minimum atomic E-state index is -0.125. The second-order valence-electron chi connectivity index (χ2n) is 6.15. The summed E-state index contributed by atoms with van der Waals surface area (Å²) in [5.41, 5.74) is 2.58. The van der Waals surface area contributed by atoms with Crippen molar-refractivity contribution < 1.29 is 14.3 Å². The molecule has 3 rings (SSSR count). The Bertz CT molecular complexity index is 968. The minimum Gasteiger partial charge on any atom is -0.493 e. The third-order valence-electron chi connectivity index (χ3n) is 3.85. The highest BCUT2D eigenvalue weighted by Crippen LogP contribution is 2.28. The Morgan fingerprint density at radius 2 is 1.96 bits per heavy atom. The fraction of sp³-hybridized carbons (Fsp3) is 0.250. The molecule has 6 nitrogen and oxygen atoms in total. The van der Waals surface area contributed by atoms with E-state index in [4.69, 9.17) is 4.74 Å². The lowest BCUT2D eigenvalue weighted by atomic mass is 10.2. The van der Waals surface area contributed by atoms with E-state index < -0.39 is 0 Å². The van der Waals surface area contributed by atoms with Gasteiger partial charge in [-0.05, 0) is 43.2 Å². The summed E-state index contributed by atoms with van der Waals surface area (Å²) >= 11 is 1.38. The zero-order valence-electron chi connectivity index (χ0n) is 15.2. The quantitative estimate of drug-likeness (QED) is 0.594. The molecule has 0 unspecified atom stereocenters. The monoisotopic (exact) mass is 383 g/mol. The van der Waals surface area contributed by atoms with Crippen LogP contribution in [0.2, 0.25) is 0 Å². The maximum atomic E-state index is 12.1. The van der Waals surface area contributed by atoms with E-state index in [-0.39, 0.29) is 11.8 Å². The molecule has 0 atom stereocenters. The van der Waals surface area contributed by atoms with E-state index in [0.29, 0.717) is 30.3 Å². The van der Waals surface area contributed by atoms with Gasteiger partial charge in [0.05, 0.1) is 16.8 Å². The number of aromatic nitrogens is 1. The SMILES string of the molecule is CC(=O)Nc1ccc2nc(NC(=O)CCCOc3ccccc3C)sc2c1. The summed E-state index contributed by atoms with van der Waals surface area (Å²) < 4.78 is 6.60. The van der Waals surface area contributed by atoms with Crippen LogP contribution in [0.1, 0.15) is 25.3 Å². The Hall–Kier alpha value is -2.93. The van der Waals surface area contributed by atoms with Crippen LogP contribution in [0.4, 0.5) is 10.8 Å². The molecule has 2 N–H and O–H groups in total. The van der Waals surface area contributed by atoms with Gasteiger partial charge in [-0.1, -0.05) is 29.5 Å². The fourth-order valence-electron chi connectivity index (χ4n) is 2.57. The van der Waals surface area contributed by atoms with Crippen molar-refractivity contribution in [2.24, 2.45) is 0 Å². The number of hydrogen-bond donors (Lipinski definition) is 2. The Balaban J connectivity index is 1.50. The number of thiazole rings is 1. The van der Waals surface area contributed by atoms with Crippen molar-refractivity contribution in [3.63, 3.8) is 0 Å². The molecule has 0 aliphatic heterocycles. The van der Waals surface area contributed by atoms with Gasteiger partial charge in [0.25, 0.3) is 0 Å². The third kappa shape index (κ3) is 5.27. The molecule has 1 aromatic heterocycles. The normalized spacial score (nSPS) is 10.6. The van der Waals surface area contributed by atoms with Crippen molar-refractivity contribution in [3.8, 4) is 5.75 Å². The number of carbonyl (C=O) groups excluding carboxylic acids is 2. The lowest BCUT2D eigenvalue weighted by Crippen LogP contribution is -2.12. The topological polar surface area (TPSA) is 80.3 Å². The molecule has 0 saturated carbocycles. The summed E-state index contributed by atoms with van der Waals surface area (Å²) in [6.07, 6.45) is 0.983. The second kappa shape index (κ2) is 8.64. The molecule has 140 valence electrons. The number of aryl methyl sites for hydroxylation is 1. The first-order valence-corrected chi connectivity index (χ1v) is 9.49. The summed E-state index contributed by atoms with van der Waals surface area (Å²) in [5, 5.41) is 6.12. The molecule has 27 heavy (non-hydrogen) atoms. The van der Waals surface area contributed by atoms with Crippen LogP contribution in [0, 0.1) is 6.92 Å². The first kappa shape index (κ1) is 18.8. The lowest BCUT2D eigenvalue weighted by Gasteiger charge is -2.08. The summed E-state index contributed by atoms with van der Waals surface area (Å²) in [6.45, 7) is 3.94. The Labute approximate surface area is 161 Å². The van der Waals surface area contributed by atoms with Crippen LogP contribution >= 0.6 is 11.3 Å². The highest BCUT2D eigenvalue weighted by molar-refractivity contribution is 7.22. The number of benzene rings is 2. The number of hydrogen-bond acceptors (Lipinski definition) is 5. The average molecular weight is 383 g/mol. The molecule has 0 saturated heterocycles. The number of nitrogens with zero attached hydrogens (tertiary/aromatic N) is 1. The van der Waals surface area contributed by atoms with E-state index in [2.05, 4.69) is 15.6 Å². The van der Waals surface area contributed by atoms with Crippen molar-refractivity contribution in [1.82, 2.24) is 4.98 Å². The van der Waals surface area contributed by atoms with Crippen LogP contribution in [-0.2, 0) is 9.59 Å². The number of para-hydroxylation sites is 1. The molecule has 3 aromatic rings. The van der Waals surface area contributed by atoms with Gasteiger partial charge < -0.3 is 15.4 Å². The predicted molar refractivity (Wildman–Crippen MR) is 108 cm³/mol. The predicted octanol–water partition coefficient (Wildman–Crippen LogP) is 4.36. The summed E-state index contributed by atoms with van der Waals surface area (Å²) in [7, 11) is 0. The van der Waals surface area contributed by atoms with E-state index in [9.17, 15) is 9.59 Å². The van der Waals surface area contributed by atoms with Crippen molar-refractivity contribution >= 4 is 44.2 Å². The molecule has 0 radical (unpaired) electrons. The number of carbonyl (C=O) groups is 2. The maximum Gasteiger partial charge on any atom is 0.226 e. The molecule has 0 fully saturated rings. The molecule has 0 aliphatic rings. The largest absolute Gasteiger partial charge is 0.493 e. The zero-order chi connectivity index (χ0) is 19.2. The van der Waals surface area contributed by atoms with Crippen LogP contribution in [0.3, 0.4) is 0 Å². The van der Waals surface area contributed by atoms with Crippen LogP contribution in [0.15, 0.2) is 42.5 Å². The van der Waals surface area contributed by atoms with Gasteiger partial charge in [-0.3, -0.25) is 9.59 Å². The maximum absolute atomic E-state index is 12.1. The highest BCUT2D eigenvalue weighted by atomic mass is 32.1. The standard InChI is InChI=1S/C20H21N3O3S/c1-13-6-3-4-7-17(13)26-11-5-8-19(25)23-20-22-16-10-9-15(21-14(2)24)12-18(16)27-20/h3-4,6-7,9-10,12H,5,8,11H2,1-2H3,(H,21,24)(H,22,23,25). The molecule has 0 bridgehead atoms. The number of nitrogens with one attached hydrogen (secondary N) is 2. The van der Waals surface area contributed by atoms with Crippen LogP contribution in [-0.4, -0.2) is 23.4 Å². The van der Waals surface area contributed by atoms with Crippen molar-refractivity contribution in [3.05, 3.63) is 48.0 Å². The number of rotatable bonds is 7. The Morgan fingerprint density at radius 1 is 1.15 bits per heavy atom. The zero-order valence-corrected chi connectivity index (χ0v) is 16.1. The third-order valence-corrected chi connectivity index (χ3v) is 4.79. The second-order valence-corrected chi connectivity index (χ2v) is 7.18. The fourth-order valence-corrected chi connectivity index (χ4v) is 3.50. The first-order valence-electron chi connectivity index (χ1n) is 8.68. The van der Waals surface area contributed by atoms with Gasteiger partial charge in [0.2, 0.25) is 11.8 Å². The van der Waals surface area contributed by atoms with Gasteiger partial charge in [-0.2, -0.15) is 0 Å². The van der Waals surface area contributed by atoms with Crippen molar-refractivity contribution in [2.75, 3.05) is 17.2 Å². The van der Waals surface area contributed by atoms with Crippen molar-refractivity contribution in [2.45, 2.75) is 26.7 Å². The number of anilines is 2. The van der Waals surface area contributed by atoms with Gasteiger partial charge in [0, 0.05) is 19.0 Å². The Morgan fingerprint density at radius 3 is 2.74 bits per heavy atom. The van der Waals surface area contributed by atoms with E-state index in [1.165, 1.54) is 18.3 Å². The van der Waals surface area contributed by atoms with E-state index >= 15 is 0 Å². The van der Waals surface area contributed by atoms with Gasteiger partial charge in [0.1, 0.15) is 5.75 Å². The number of amides is 2. The molecule has 2 aromatic carbocycles. The number of ether oxygens (including phenoxy) is 1. The summed E-state index contributed by atoms with van der Waals surface area (Å²) in [5.74, 6) is 0.629. The van der Waals surface area contributed by atoms with Crippen LogP contribution < -0.4 is 15.4 Å². The number of fused-ring (bicyclic) bond motifs is 1. The van der Waals surface area contributed by atoms with E-state index in [1.807, 2.05) is 43.3 Å². The lowest BCUT2D eigenvalue weighted by molar-refractivity contribution is -0.116. The van der Waals surface area contributed by atoms with Crippen molar-refractivity contribution in [1.29, 1.82) is 0 Å². The molecular formula is C20H21N3O3S. The van der Waals surface area contributed by atoms with Crippen LogP contribution in [0.25, 0.3) is 10.2 Å². The van der Waals surface area contributed by atoms with Gasteiger partial charge in [-0.25, -0.2) is 4.98 Å². The first-order chi connectivity index (χ1) is 13.0. The highest BCUT2D eigenvalue weighted by Gasteiger charge is 2.09. The van der Waals surface area contributed by atoms with Gasteiger partial charge in [0.15, 0.2) is 5.13 Å². The summed E-state index contributed by atoms with van der Waals surface area (Å²) in [4.78, 5) is 27.7. The van der Waals surface area contributed by atoms with Crippen LogP contribution in [0.5, 0.6) is 5.75 Å². The Kier molecular flexibility index (Phi) is 6.03. The van der Waals surface area contributed by atoms with E-state index in [0.717, 1.165) is 21.5 Å². The smallest absolute Gasteiger partial charge is 0.226 e. The van der Waals surface area contributed by atoms with Gasteiger partial charge in [-0.15, -0.1) is 0 Å². The molecular weight excluding hydrogens is 362 g/mol. The summed E-state index contributed by atoms with van der Waals surface area (Å²) in [6, 6.07) is 13.3. The van der Waals surface area contributed by atoms with Gasteiger partial charge >= 0.3 is 0 Å². The average Bonchev–Trinajstić information content (AvgIpc) is 3.01. The molecule has 0 spiro atoms. The molecule has 0 aliphatic carbocycles. The van der Waals surface area contributed by atoms with E-state index in [1.54, 1.807) is 6.07 Å². The molecule has 2 amide bonds. The molecule has 7 heteroatoms. The molecule has 1 heterocycles.